The van der Waals surface area contributed by atoms with Crippen LogP contribution >= 0.6 is 12.4 Å². The van der Waals surface area contributed by atoms with Crippen LogP contribution in [-0.4, -0.2) is 60.9 Å². The average Bonchev–Trinajstić information content (AvgIpc) is 2.61. The van der Waals surface area contributed by atoms with Crippen molar-refractivity contribution < 1.29 is 9.59 Å². The summed E-state index contributed by atoms with van der Waals surface area (Å²) in [7, 11) is 0. The minimum absolute atomic E-state index is 0. The van der Waals surface area contributed by atoms with Gasteiger partial charge in [0.25, 0.3) is 0 Å². The highest BCUT2D eigenvalue weighted by Gasteiger charge is 2.23. The predicted octanol–water partition coefficient (Wildman–Crippen LogP) is 0.243. The van der Waals surface area contributed by atoms with Crippen molar-refractivity contribution in [3.8, 4) is 0 Å². The second-order valence-electron chi connectivity index (χ2n) is 4.76. The number of amides is 2. The molecule has 104 valence electrons. The molecule has 2 amide bonds. The Morgan fingerprint density at radius 1 is 1.11 bits per heavy atom. The quantitative estimate of drug-likeness (QED) is 0.786. The van der Waals surface area contributed by atoms with Gasteiger partial charge in [-0.3, -0.25) is 9.59 Å². The van der Waals surface area contributed by atoms with Crippen molar-refractivity contribution in [3.05, 3.63) is 0 Å². The molecule has 1 N–H and O–H groups in total. The number of halogens is 1. The molecule has 0 saturated carbocycles. The van der Waals surface area contributed by atoms with Crippen LogP contribution < -0.4 is 5.32 Å². The fourth-order valence-electron chi connectivity index (χ4n) is 2.39. The van der Waals surface area contributed by atoms with E-state index >= 15 is 0 Å². The highest BCUT2D eigenvalue weighted by atomic mass is 35.5. The van der Waals surface area contributed by atoms with E-state index in [-0.39, 0.29) is 30.8 Å². The molecule has 2 saturated heterocycles. The molecular formula is C12H22ClN3O2. The molecule has 0 spiro atoms. The standard InChI is InChI=1S/C12H21N3O2.ClH/c16-11-4-1-2-7-15(11)10-12(17)14-8-3-5-13-6-9-14;/h13H,1-10H2;1H. The van der Waals surface area contributed by atoms with Crippen molar-refractivity contribution in [1.82, 2.24) is 15.1 Å². The van der Waals surface area contributed by atoms with Crippen LogP contribution in [0.4, 0.5) is 0 Å². The molecule has 2 aliphatic rings. The SMILES string of the molecule is Cl.O=C(CN1CCCCC1=O)N1CCCNCC1. The molecule has 0 radical (unpaired) electrons. The summed E-state index contributed by atoms with van der Waals surface area (Å²) in [6, 6.07) is 0. The smallest absolute Gasteiger partial charge is 0.242 e. The van der Waals surface area contributed by atoms with Crippen molar-refractivity contribution in [2.45, 2.75) is 25.7 Å². The first kappa shape index (κ1) is 15.2. The summed E-state index contributed by atoms with van der Waals surface area (Å²) in [5, 5.41) is 3.27. The number of hydrogen-bond acceptors (Lipinski definition) is 3. The number of likely N-dealkylation sites (tertiary alicyclic amines) is 1. The number of nitrogens with zero attached hydrogens (tertiary/aromatic N) is 2. The fraction of sp³-hybridized carbons (Fsp3) is 0.833. The highest BCUT2D eigenvalue weighted by molar-refractivity contribution is 5.85. The molecule has 6 heteroatoms. The van der Waals surface area contributed by atoms with E-state index in [1.54, 1.807) is 4.90 Å². The van der Waals surface area contributed by atoms with Crippen LogP contribution in [0, 0.1) is 0 Å². The molecule has 0 aliphatic carbocycles. The molecule has 2 aliphatic heterocycles. The van der Waals surface area contributed by atoms with Crippen molar-refractivity contribution in [1.29, 1.82) is 0 Å². The number of carbonyl (C=O) groups excluding carboxylic acids is 2. The van der Waals surface area contributed by atoms with Gasteiger partial charge in [0, 0.05) is 32.6 Å². The van der Waals surface area contributed by atoms with Crippen LogP contribution in [0.2, 0.25) is 0 Å². The van der Waals surface area contributed by atoms with Crippen LogP contribution in [0.15, 0.2) is 0 Å². The van der Waals surface area contributed by atoms with E-state index in [9.17, 15) is 9.59 Å². The molecule has 0 atom stereocenters. The minimum atomic E-state index is 0. The van der Waals surface area contributed by atoms with Gasteiger partial charge in [-0.25, -0.2) is 0 Å². The molecule has 0 unspecified atom stereocenters. The molecule has 0 bridgehead atoms. The van der Waals surface area contributed by atoms with Crippen LogP contribution in [0.25, 0.3) is 0 Å². The van der Waals surface area contributed by atoms with E-state index in [1.807, 2.05) is 4.90 Å². The molecule has 5 nitrogen and oxygen atoms in total. The lowest BCUT2D eigenvalue weighted by Crippen LogP contribution is -2.45. The highest BCUT2D eigenvalue weighted by Crippen LogP contribution is 2.10. The fourth-order valence-corrected chi connectivity index (χ4v) is 2.39. The molecule has 0 aromatic heterocycles. The molecule has 0 aromatic rings. The second kappa shape index (κ2) is 7.59. The molecule has 18 heavy (non-hydrogen) atoms. The Kier molecular flexibility index (Phi) is 6.43. The normalized spacial score (nSPS) is 21.2. The maximum absolute atomic E-state index is 12.1. The number of piperidine rings is 1. The number of hydrogen-bond donors (Lipinski definition) is 1. The molecule has 2 rings (SSSR count). The summed E-state index contributed by atoms with van der Waals surface area (Å²) in [6.07, 6.45) is 3.60. The van der Waals surface area contributed by atoms with Gasteiger partial charge in [0.05, 0.1) is 6.54 Å². The third kappa shape index (κ3) is 4.14. The molecular weight excluding hydrogens is 254 g/mol. The summed E-state index contributed by atoms with van der Waals surface area (Å²) in [4.78, 5) is 27.3. The van der Waals surface area contributed by atoms with E-state index in [2.05, 4.69) is 5.32 Å². The van der Waals surface area contributed by atoms with Crippen molar-refractivity contribution in [2.75, 3.05) is 39.3 Å². The van der Waals surface area contributed by atoms with Gasteiger partial charge >= 0.3 is 0 Å². The Labute approximate surface area is 114 Å². The topological polar surface area (TPSA) is 52.7 Å². The summed E-state index contributed by atoms with van der Waals surface area (Å²) in [5.41, 5.74) is 0. The first-order valence-corrected chi connectivity index (χ1v) is 6.53. The monoisotopic (exact) mass is 275 g/mol. The molecule has 2 heterocycles. The Bertz CT molecular complexity index is 291. The van der Waals surface area contributed by atoms with Gasteiger partial charge in [0.15, 0.2) is 0 Å². The van der Waals surface area contributed by atoms with Gasteiger partial charge in [-0.05, 0) is 25.8 Å². The maximum Gasteiger partial charge on any atom is 0.242 e. The van der Waals surface area contributed by atoms with E-state index in [1.165, 1.54) is 0 Å². The van der Waals surface area contributed by atoms with Gasteiger partial charge in [-0.2, -0.15) is 0 Å². The first-order chi connectivity index (χ1) is 8.27. The third-order valence-electron chi connectivity index (χ3n) is 3.44. The third-order valence-corrected chi connectivity index (χ3v) is 3.44. The number of carbonyl (C=O) groups is 2. The molecule has 2 fully saturated rings. The largest absolute Gasteiger partial charge is 0.340 e. The van der Waals surface area contributed by atoms with Crippen molar-refractivity contribution in [2.24, 2.45) is 0 Å². The van der Waals surface area contributed by atoms with Crippen LogP contribution in [-0.2, 0) is 9.59 Å². The lowest BCUT2D eigenvalue weighted by atomic mass is 10.1. The predicted molar refractivity (Wildman–Crippen MR) is 71.7 cm³/mol. The zero-order chi connectivity index (χ0) is 12.1. The van der Waals surface area contributed by atoms with Gasteiger partial charge in [0.2, 0.25) is 11.8 Å². The van der Waals surface area contributed by atoms with Gasteiger partial charge in [-0.1, -0.05) is 0 Å². The maximum atomic E-state index is 12.1. The lowest BCUT2D eigenvalue weighted by Gasteiger charge is -2.29. The van der Waals surface area contributed by atoms with E-state index in [0.717, 1.165) is 52.0 Å². The van der Waals surface area contributed by atoms with Gasteiger partial charge in [-0.15, -0.1) is 12.4 Å². The second-order valence-corrected chi connectivity index (χ2v) is 4.76. The summed E-state index contributed by atoms with van der Waals surface area (Å²) >= 11 is 0. The summed E-state index contributed by atoms with van der Waals surface area (Å²) in [6.45, 7) is 4.44. The number of rotatable bonds is 2. The lowest BCUT2D eigenvalue weighted by molar-refractivity contribution is -0.141. The first-order valence-electron chi connectivity index (χ1n) is 6.53. The van der Waals surface area contributed by atoms with E-state index < -0.39 is 0 Å². The number of nitrogens with one attached hydrogen (secondary N) is 1. The molecule has 0 aromatic carbocycles. The van der Waals surface area contributed by atoms with E-state index in [0.29, 0.717) is 6.42 Å². The van der Waals surface area contributed by atoms with Gasteiger partial charge in [0.1, 0.15) is 0 Å². The Morgan fingerprint density at radius 2 is 1.94 bits per heavy atom. The van der Waals surface area contributed by atoms with E-state index in [4.69, 9.17) is 0 Å². The Hall–Kier alpha value is -0.810. The van der Waals surface area contributed by atoms with Gasteiger partial charge < -0.3 is 15.1 Å². The summed E-state index contributed by atoms with van der Waals surface area (Å²) < 4.78 is 0. The van der Waals surface area contributed by atoms with Crippen LogP contribution in [0.5, 0.6) is 0 Å². The zero-order valence-electron chi connectivity index (χ0n) is 10.7. The Morgan fingerprint density at radius 3 is 2.72 bits per heavy atom. The Balaban J connectivity index is 0.00000162. The van der Waals surface area contributed by atoms with Crippen LogP contribution in [0.1, 0.15) is 25.7 Å². The zero-order valence-corrected chi connectivity index (χ0v) is 11.5. The average molecular weight is 276 g/mol. The van der Waals surface area contributed by atoms with Crippen LogP contribution in [0.3, 0.4) is 0 Å². The van der Waals surface area contributed by atoms with Crippen molar-refractivity contribution in [3.63, 3.8) is 0 Å². The minimum Gasteiger partial charge on any atom is -0.340 e. The van der Waals surface area contributed by atoms with Crippen molar-refractivity contribution >= 4 is 24.2 Å². The summed E-state index contributed by atoms with van der Waals surface area (Å²) in [5.74, 6) is 0.237.